The molecule has 3 aromatic heterocycles. The lowest BCUT2D eigenvalue weighted by Crippen LogP contribution is -2.71. The second-order valence-electron chi connectivity index (χ2n) is 9.68. The molecule has 3 atom stereocenters. The second-order valence-corrected chi connectivity index (χ2v) is 12.4. The number of aromatic nitrogens is 4. The minimum atomic E-state index is -1.52. The molecule has 5 N–H and O–H groups in total. The number of thioether (sulfide) groups is 1. The molecule has 232 valence electrons. The molecule has 0 aliphatic carbocycles. The zero-order valence-corrected chi connectivity index (χ0v) is 25.6. The maximum absolute atomic E-state index is 13.3. The van der Waals surface area contributed by atoms with Crippen LogP contribution in [0.2, 0.25) is 4.34 Å². The number of fused-ring (bicyclic) bond motifs is 2. The summed E-state index contributed by atoms with van der Waals surface area (Å²) in [6.45, 7) is 2.72. The number of nitrogens with two attached hydrogens (primary N) is 1. The Hall–Kier alpha value is -4.26. The van der Waals surface area contributed by atoms with Crippen LogP contribution in [0.25, 0.3) is 11.0 Å². The fourth-order valence-electron chi connectivity index (χ4n) is 4.67. The van der Waals surface area contributed by atoms with E-state index in [0.717, 1.165) is 27.3 Å². The van der Waals surface area contributed by atoms with E-state index in [4.69, 9.17) is 27.3 Å². The van der Waals surface area contributed by atoms with E-state index in [9.17, 15) is 24.3 Å². The zero-order chi connectivity index (χ0) is 31.7. The number of nitrogens with one attached hydrogen (secondary N) is 2. The number of carboxylic acid groups (broad SMARTS) is 2. The van der Waals surface area contributed by atoms with E-state index in [1.54, 1.807) is 12.4 Å². The number of hydrogen-bond donors (Lipinski definition) is 4. The van der Waals surface area contributed by atoms with Crippen molar-refractivity contribution >= 4 is 80.3 Å². The molecule has 0 spiro atoms. The summed E-state index contributed by atoms with van der Waals surface area (Å²) in [5, 5.41) is 34.4. The summed E-state index contributed by atoms with van der Waals surface area (Å²) in [7, 11) is 1.84. The number of pyridine rings is 1. The molecule has 2 aliphatic heterocycles. The number of thiazole rings is 1. The van der Waals surface area contributed by atoms with Crippen LogP contribution >= 0.6 is 34.7 Å². The molecule has 16 nitrogen and oxygen atoms in total. The third-order valence-electron chi connectivity index (χ3n) is 6.84. The van der Waals surface area contributed by atoms with Gasteiger partial charge in [-0.05, 0) is 20.0 Å². The van der Waals surface area contributed by atoms with Crippen molar-refractivity contribution in [2.75, 3.05) is 25.1 Å². The lowest BCUT2D eigenvalue weighted by Gasteiger charge is -2.50. The number of amides is 2. The smallest absolute Gasteiger partial charge is 0.347 e. The van der Waals surface area contributed by atoms with Crippen LogP contribution in [-0.4, -0.2) is 91.1 Å². The highest BCUT2D eigenvalue weighted by molar-refractivity contribution is 8.00. The topological polar surface area (TPSA) is 221 Å². The molecule has 0 aromatic carbocycles. The fourth-order valence-corrected chi connectivity index (χ4v) is 6.93. The van der Waals surface area contributed by atoms with Crippen molar-refractivity contribution in [3.05, 3.63) is 45.8 Å². The Morgan fingerprint density at radius 1 is 1.41 bits per heavy atom. The minimum absolute atomic E-state index is 0.0107. The first-order chi connectivity index (χ1) is 21.0. The SMILES string of the molecule is CNCCn1ncc2c1ccc[n+]2CC1=C(C(=O)[O-])N2C(=O)C(NC(=O)/C(=N\O[C@@H](C)C(=O)O)c3nc(N)sc3Cl)C2SC1. The van der Waals surface area contributed by atoms with Gasteiger partial charge in [-0.15, -0.1) is 11.8 Å². The molecule has 5 heterocycles. The minimum Gasteiger partial charge on any atom is -0.543 e. The molecule has 44 heavy (non-hydrogen) atoms. The number of carboxylic acids is 2. The second kappa shape index (κ2) is 12.8. The van der Waals surface area contributed by atoms with Crippen molar-refractivity contribution in [2.24, 2.45) is 5.16 Å². The van der Waals surface area contributed by atoms with Gasteiger partial charge in [0.15, 0.2) is 23.6 Å². The maximum atomic E-state index is 13.3. The van der Waals surface area contributed by atoms with Crippen molar-refractivity contribution in [2.45, 2.75) is 37.5 Å². The van der Waals surface area contributed by atoms with Gasteiger partial charge in [0, 0.05) is 23.9 Å². The number of carbonyl (C=O) groups is 4. The molecule has 0 bridgehead atoms. The van der Waals surface area contributed by atoms with Crippen LogP contribution in [0.4, 0.5) is 5.13 Å². The van der Waals surface area contributed by atoms with Gasteiger partial charge in [-0.2, -0.15) is 9.67 Å². The molecular weight excluding hydrogens is 638 g/mol. The number of anilines is 1. The van der Waals surface area contributed by atoms with Gasteiger partial charge in [-0.1, -0.05) is 28.1 Å². The Kier molecular flexibility index (Phi) is 9.05. The van der Waals surface area contributed by atoms with Crippen LogP contribution in [0.15, 0.2) is 41.0 Å². The van der Waals surface area contributed by atoms with Crippen LogP contribution in [0.5, 0.6) is 0 Å². The Labute approximate surface area is 262 Å². The highest BCUT2D eigenvalue weighted by Gasteiger charge is 2.53. The number of β-lactam (4-membered cyclic amide) rings is 1. The van der Waals surface area contributed by atoms with Crippen LogP contribution in [0.1, 0.15) is 12.6 Å². The lowest BCUT2D eigenvalue weighted by molar-refractivity contribution is -0.663. The summed E-state index contributed by atoms with van der Waals surface area (Å²) >= 11 is 8.28. The molecule has 19 heteroatoms. The molecule has 3 aromatic rings. The van der Waals surface area contributed by atoms with Crippen LogP contribution in [-0.2, 0) is 37.1 Å². The number of nitrogen functional groups attached to an aromatic ring is 1. The molecule has 2 unspecified atom stereocenters. The normalized spacial score (nSPS) is 19.0. The predicted molar refractivity (Wildman–Crippen MR) is 157 cm³/mol. The van der Waals surface area contributed by atoms with Crippen LogP contribution < -0.4 is 26.0 Å². The van der Waals surface area contributed by atoms with E-state index >= 15 is 0 Å². The van der Waals surface area contributed by atoms with Crippen LogP contribution in [0, 0.1) is 0 Å². The molecule has 0 saturated carbocycles. The standard InChI is InChI=1S/C25H26ClN9O7S2/c1-11(23(38)39)42-32-16(15-19(26)44-25(27)31-15)20(36)30-17-21(37)35-18(24(40)41)12(10-43-22(17)35)9-33-6-3-4-13-14(33)8-29-34(13)7-5-28-2/h3-4,6,8,11,17,22,28H,5,7,9-10H2,1-2H3,(H4-,27,30,31,36,38,39,40,41)/b32-16-/t11-,17?,22?/m0/s1. The highest BCUT2D eigenvalue weighted by Crippen LogP contribution is 2.40. The van der Waals surface area contributed by atoms with Crippen molar-refractivity contribution in [1.29, 1.82) is 0 Å². The van der Waals surface area contributed by atoms with Gasteiger partial charge in [-0.3, -0.25) is 19.2 Å². The van der Waals surface area contributed by atoms with Gasteiger partial charge in [-0.25, -0.2) is 9.78 Å². The summed E-state index contributed by atoms with van der Waals surface area (Å²) in [5.41, 5.74) is 6.87. The predicted octanol–water partition coefficient (Wildman–Crippen LogP) is -1.47. The number of oxime groups is 1. The molecule has 5 rings (SSSR count). The summed E-state index contributed by atoms with van der Waals surface area (Å²) in [6, 6.07) is 2.61. The van der Waals surface area contributed by atoms with E-state index in [1.807, 2.05) is 28.4 Å². The number of aliphatic carboxylic acids is 2. The van der Waals surface area contributed by atoms with E-state index in [2.05, 4.69) is 25.9 Å². The number of nitrogens with zero attached hydrogens (tertiary/aromatic N) is 6. The van der Waals surface area contributed by atoms with E-state index in [0.29, 0.717) is 18.7 Å². The highest BCUT2D eigenvalue weighted by atomic mass is 35.5. The number of halogens is 1. The fraction of sp³-hybridized carbons (Fsp3) is 0.360. The first-order valence-corrected chi connectivity index (χ1v) is 15.3. The van der Waals surface area contributed by atoms with Crippen molar-refractivity contribution in [3.8, 4) is 0 Å². The number of hydrogen-bond acceptors (Lipinski definition) is 13. The number of rotatable bonds is 12. The molecule has 0 radical (unpaired) electrons. The average molecular weight is 664 g/mol. The zero-order valence-electron chi connectivity index (χ0n) is 23.2. The number of likely N-dealkylation sites (N-methyl/N-ethyl adjacent to an activating group) is 1. The van der Waals surface area contributed by atoms with Gasteiger partial charge in [0.05, 0.1) is 18.2 Å². The van der Waals surface area contributed by atoms with Gasteiger partial charge >= 0.3 is 5.97 Å². The van der Waals surface area contributed by atoms with E-state index < -0.39 is 47.0 Å². The summed E-state index contributed by atoms with van der Waals surface area (Å²) in [6.07, 6.45) is 2.09. The first-order valence-electron chi connectivity index (χ1n) is 13.1. The Morgan fingerprint density at radius 2 is 2.18 bits per heavy atom. The van der Waals surface area contributed by atoms with Crippen molar-refractivity contribution in [1.82, 2.24) is 30.3 Å². The Bertz CT molecular complexity index is 1720. The summed E-state index contributed by atoms with van der Waals surface area (Å²) in [5.74, 6) is -4.26. The van der Waals surface area contributed by atoms with Gasteiger partial charge in [0.2, 0.25) is 6.10 Å². The molecule has 1 fully saturated rings. The third-order valence-corrected chi connectivity index (χ3v) is 9.27. The van der Waals surface area contributed by atoms with Gasteiger partial charge < -0.3 is 36.2 Å². The Morgan fingerprint density at radius 3 is 2.84 bits per heavy atom. The van der Waals surface area contributed by atoms with Crippen molar-refractivity contribution < 1.29 is 38.8 Å². The van der Waals surface area contributed by atoms with E-state index in [-0.39, 0.29) is 33.2 Å². The number of carbonyl (C=O) groups excluding carboxylic acids is 3. The molecule has 2 amide bonds. The average Bonchev–Trinajstić information content (AvgIpc) is 3.56. The molecule has 1 saturated heterocycles. The van der Waals surface area contributed by atoms with Gasteiger partial charge in [0.1, 0.15) is 33.2 Å². The van der Waals surface area contributed by atoms with Crippen molar-refractivity contribution in [3.63, 3.8) is 0 Å². The summed E-state index contributed by atoms with van der Waals surface area (Å²) < 4.78 is 3.68. The summed E-state index contributed by atoms with van der Waals surface area (Å²) in [4.78, 5) is 60.1. The first kappa shape index (κ1) is 31.2. The quantitative estimate of drug-likeness (QED) is 0.0755. The van der Waals surface area contributed by atoms with Crippen LogP contribution in [0.3, 0.4) is 0 Å². The van der Waals surface area contributed by atoms with Gasteiger partial charge in [0.25, 0.3) is 17.3 Å². The maximum Gasteiger partial charge on any atom is 0.347 e. The monoisotopic (exact) mass is 663 g/mol. The Balaban J connectivity index is 1.38. The van der Waals surface area contributed by atoms with E-state index in [1.165, 1.54) is 18.7 Å². The third kappa shape index (κ3) is 5.92. The lowest BCUT2D eigenvalue weighted by atomic mass is 10.0. The molecule has 2 aliphatic rings. The largest absolute Gasteiger partial charge is 0.543 e. The molecular formula is C25H26ClN9O7S2.